The molecule has 154 valence electrons. The molecule has 3 N–H and O–H groups in total. The lowest BCUT2D eigenvalue weighted by molar-refractivity contribution is -0.0470. The number of nitrogens with two attached hydrogens (primary N) is 1. The predicted molar refractivity (Wildman–Crippen MR) is 109 cm³/mol. The highest BCUT2D eigenvalue weighted by Crippen LogP contribution is 2.47. The van der Waals surface area contributed by atoms with E-state index in [0.29, 0.717) is 29.6 Å². The monoisotopic (exact) mass is 426 g/mol. The Labute approximate surface area is 173 Å². The maximum atomic E-state index is 10.6. The van der Waals surface area contributed by atoms with Gasteiger partial charge in [-0.25, -0.2) is 9.97 Å². The van der Waals surface area contributed by atoms with Crippen LogP contribution in [0.15, 0.2) is 36.8 Å². The van der Waals surface area contributed by atoms with Gasteiger partial charge in [-0.1, -0.05) is 24.1 Å². The van der Waals surface area contributed by atoms with Crippen LogP contribution in [-0.4, -0.2) is 38.5 Å². The minimum Gasteiger partial charge on any atom is -0.426 e. The van der Waals surface area contributed by atoms with Gasteiger partial charge in [0.05, 0.1) is 30.3 Å². The molecule has 0 radical (unpaired) electrons. The number of para-hydroxylation sites is 1. The molecule has 30 heavy (non-hydrogen) atoms. The van der Waals surface area contributed by atoms with Crippen molar-refractivity contribution < 1.29 is 23.4 Å². The van der Waals surface area contributed by atoms with E-state index in [4.69, 9.17) is 30.5 Å². The maximum Gasteiger partial charge on any atom is 0.397 e. The third-order valence-electron chi connectivity index (χ3n) is 5.07. The Morgan fingerprint density at radius 1 is 1.37 bits per heavy atom. The van der Waals surface area contributed by atoms with Crippen LogP contribution in [0.1, 0.15) is 23.8 Å². The molecule has 0 bridgehead atoms. The standard InChI is InChI=1S/C20H19N4O5P/c1-2-12-8-24(19-17(12)18(21)22-11-23-19)20-15(25)7-14(28-20)10-27-30-26-9-13-5-3-4-6-16(13)29-30/h1,3-6,8,11,14-15,20,25H,7,9-10H2,(H2,21,22,23)/t14?,15-,20?,30?/m1/s1. The van der Waals surface area contributed by atoms with Crippen molar-refractivity contribution in [1.82, 2.24) is 14.5 Å². The van der Waals surface area contributed by atoms with Gasteiger partial charge < -0.3 is 24.7 Å². The van der Waals surface area contributed by atoms with Crippen LogP contribution < -0.4 is 10.3 Å². The summed E-state index contributed by atoms with van der Waals surface area (Å²) < 4.78 is 24.9. The van der Waals surface area contributed by atoms with Crippen LogP contribution in [0.5, 0.6) is 5.75 Å². The Morgan fingerprint density at radius 3 is 3.10 bits per heavy atom. The Bertz CT molecular complexity index is 1130. The third-order valence-corrected chi connectivity index (χ3v) is 6.12. The summed E-state index contributed by atoms with van der Waals surface area (Å²) in [5.74, 6) is 3.63. The van der Waals surface area contributed by atoms with Crippen LogP contribution in [0, 0.1) is 12.3 Å². The number of rotatable bonds is 4. The van der Waals surface area contributed by atoms with Crippen LogP contribution in [0.25, 0.3) is 11.0 Å². The van der Waals surface area contributed by atoms with Crippen LogP contribution in [0.2, 0.25) is 0 Å². The molecule has 0 spiro atoms. The zero-order chi connectivity index (χ0) is 20.7. The molecule has 1 saturated heterocycles. The zero-order valence-electron chi connectivity index (χ0n) is 15.8. The fraction of sp³-hybridized carbons (Fsp3) is 0.300. The van der Waals surface area contributed by atoms with Crippen molar-refractivity contribution in [1.29, 1.82) is 0 Å². The highest BCUT2D eigenvalue weighted by atomic mass is 31.2. The molecular weight excluding hydrogens is 407 g/mol. The van der Waals surface area contributed by atoms with Gasteiger partial charge in [-0.2, -0.15) is 0 Å². The summed E-state index contributed by atoms with van der Waals surface area (Å²) in [6, 6.07) is 7.67. The summed E-state index contributed by atoms with van der Waals surface area (Å²) in [7, 11) is -1.52. The van der Waals surface area contributed by atoms with Gasteiger partial charge in [0.2, 0.25) is 0 Å². The van der Waals surface area contributed by atoms with Crippen molar-refractivity contribution >= 4 is 25.5 Å². The maximum absolute atomic E-state index is 10.6. The third kappa shape index (κ3) is 3.39. The van der Waals surface area contributed by atoms with Gasteiger partial charge >= 0.3 is 8.60 Å². The normalized spacial score (nSPS) is 25.6. The highest BCUT2D eigenvalue weighted by Gasteiger charge is 2.37. The number of aliphatic hydroxyl groups excluding tert-OH is 1. The number of hydrogen-bond acceptors (Lipinski definition) is 8. The number of anilines is 1. The molecule has 1 aromatic carbocycles. The lowest BCUT2D eigenvalue weighted by atomic mass is 10.2. The van der Waals surface area contributed by atoms with E-state index in [1.807, 2.05) is 24.3 Å². The van der Waals surface area contributed by atoms with Gasteiger partial charge in [-0.3, -0.25) is 9.05 Å². The zero-order valence-corrected chi connectivity index (χ0v) is 16.7. The van der Waals surface area contributed by atoms with Crippen molar-refractivity contribution in [2.45, 2.75) is 31.5 Å². The van der Waals surface area contributed by atoms with E-state index in [1.54, 1.807) is 10.8 Å². The van der Waals surface area contributed by atoms with Crippen LogP contribution >= 0.6 is 8.60 Å². The van der Waals surface area contributed by atoms with E-state index in [1.165, 1.54) is 6.33 Å². The predicted octanol–water partition coefficient (Wildman–Crippen LogP) is 2.50. The smallest absolute Gasteiger partial charge is 0.397 e. The Hall–Kier alpha value is -2.73. The first-order valence-electron chi connectivity index (χ1n) is 9.37. The number of benzene rings is 1. The van der Waals surface area contributed by atoms with Crippen LogP contribution in [-0.2, 0) is 20.4 Å². The molecule has 4 heterocycles. The molecule has 5 rings (SSSR count). The van der Waals surface area contributed by atoms with E-state index in [-0.39, 0.29) is 18.5 Å². The van der Waals surface area contributed by atoms with Crippen molar-refractivity contribution in [2.24, 2.45) is 0 Å². The first-order chi connectivity index (χ1) is 14.6. The van der Waals surface area contributed by atoms with Crippen LogP contribution in [0.3, 0.4) is 0 Å². The number of ether oxygens (including phenoxy) is 1. The second kappa shape index (κ2) is 7.84. The largest absolute Gasteiger partial charge is 0.426 e. The van der Waals surface area contributed by atoms with Crippen molar-refractivity contribution in [3.8, 4) is 18.1 Å². The lowest BCUT2D eigenvalue weighted by Crippen LogP contribution is -2.19. The Balaban J connectivity index is 1.28. The molecule has 2 aromatic heterocycles. The molecule has 3 aromatic rings. The number of hydrogen-bond donors (Lipinski definition) is 2. The fourth-order valence-corrected chi connectivity index (χ4v) is 4.70. The molecule has 1 fully saturated rings. The lowest BCUT2D eigenvalue weighted by Gasteiger charge is -2.24. The van der Waals surface area contributed by atoms with Gasteiger partial charge in [0.25, 0.3) is 0 Å². The molecule has 10 heteroatoms. The molecule has 9 nitrogen and oxygen atoms in total. The number of aliphatic hydroxyl groups is 1. The summed E-state index contributed by atoms with van der Waals surface area (Å²) in [5, 5.41) is 11.2. The molecule has 4 atom stereocenters. The summed E-state index contributed by atoms with van der Waals surface area (Å²) in [6.07, 6.45) is 7.26. The van der Waals surface area contributed by atoms with Gasteiger partial charge in [0, 0.05) is 18.2 Å². The Morgan fingerprint density at radius 2 is 2.23 bits per heavy atom. The fourth-order valence-electron chi connectivity index (χ4n) is 3.65. The molecular formula is C20H19N4O5P. The number of nitrogens with zero attached hydrogens (tertiary/aromatic N) is 3. The molecule has 0 aliphatic carbocycles. The van der Waals surface area contributed by atoms with Crippen molar-refractivity contribution in [3.63, 3.8) is 0 Å². The topological polar surface area (TPSA) is 114 Å². The van der Waals surface area contributed by atoms with E-state index >= 15 is 0 Å². The number of fused-ring (bicyclic) bond motifs is 2. The van der Waals surface area contributed by atoms with E-state index in [2.05, 4.69) is 15.9 Å². The summed E-state index contributed by atoms with van der Waals surface area (Å²) in [4.78, 5) is 8.27. The summed E-state index contributed by atoms with van der Waals surface area (Å²) in [6.45, 7) is 0.656. The second-order valence-electron chi connectivity index (χ2n) is 7.00. The van der Waals surface area contributed by atoms with Gasteiger partial charge in [-0.15, -0.1) is 6.42 Å². The molecule has 0 saturated carbocycles. The molecule has 2 aliphatic rings. The Kier molecular flexibility index (Phi) is 5.03. The van der Waals surface area contributed by atoms with Crippen molar-refractivity contribution in [3.05, 3.63) is 47.9 Å². The highest BCUT2D eigenvalue weighted by molar-refractivity contribution is 7.42. The second-order valence-corrected chi connectivity index (χ2v) is 8.14. The summed E-state index contributed by atoms with van der Waals surface area (Å²) in [5.41, 5.74) is 8.01. The molecule has 3 unspecified atom stereocenters. The quantitative estimate of drug-likeness (QED) is 0.483. The minimum atomic E-state index is -1.52. The number of aromatic nitrogens is 3. The first-order valence-corrected chi connectivity index (χ1v) is 10.5. The number of nitrogen functional groups attached to an aromatic ring is 1. The minimum absolute atomic E-state index is 0.222. The molecule has 0 amide bonds. The average Bonchev–Trinajstić information content (AvgIpc) is 3.32. The van der Waals surface area contributed by atoms with E-state index < -0.39 is 20.9 Å². The van der Waals surface area contributed by atoms with Crippen LogP contribution in [0.4, 0.5) is 5.82 Å². The molecule has 2 aliphatic heterocycles. The van der Waals surface area contributed by atoms with E-state index in [0.717, 1.165) is 11.3 Å². The van der Waals surface area contributed by atoms with Gasteiger partial charge in [0.15, 0.2) is 6.23 Å². The van der Waals surface area contributed by atoms with Crippen molar-refractivity contribution in [2.75, 3.05) is 12.3 Å². The van der Waals surface area contributed by atoms with E-state index in [9.17, 15) is 5.11 Å². The first kappa shape index (κ1) is 19.2. The average molecular weight is 426 g/mol. The summed E-state index contributed by atoms with van der Waals surface area (Å²) >= 11 is 0. The number of terminal acetylenes is 1. The SMILES string of the molecule is C#Cc1cn(C2OC(COP3OCc4ccccc4O3)C[C@H]2O)c2ncnc(N)c12. The van der Waals surface area contributed by atoms with Gasteiger partial charge in [0.1, 0.15) is 29.6 Å². The van der Waals surface area contributed by atoms with Gasteiger partial charge in [-0.05, 0) is 6.07 Å².